The summed E-state index contributed by atoms with van der Waals surface area (Å²) >= 11 is 0. The van der Waals surface area contributed by atoms with Gasteiger partial charge in [-0.1, -0.05) is 32.4 Å². The van der Waals surface area contributed by atoms with Crippen molar-refractivity contribution in [3.05, 3.63) is 34.6 Å². The molecule has 112 valence electrons. The lowest BCUT2D eigenvalue weighted by Crippen LogP contribution is -2.28. The maximum atomic E-state index is 13.6. The first-order chi connectivity index (χ1) is 9.37. The first-order valence-corrected chi connectivity index (χ1v) is 7.86. The molecule has 1 fully saturated rings. The number of rotatable bonds is 3. The zero-order valence-corrected chi connectivity index (χ0v) is 13.4. The fourth-order valence-electron chi connectivity index (χ4n) is 3.27. The van der Waals surface area contributed by atoms with Gasteiger partial charge in [0, 0.05) is 12.6 Å². The molecule has 1 atom stereocenters. The number of benzene rings is 1. The van der Waals surface area contributed by atoms with Gasteiger partial charge in [0.05, 0.1) is 0 Å². The van der Waals surface area contributed by atoms with Gasteiger partial charge < -0.3 is 5.32 Å². The second kappa shape index (κ2) is 6.26. The largest absolute Gasteiger partial charge is 0.310 e. The lowest BCUT2D eigenvalue weighted by atomic mass is 9.85. The van der Waals surface area contributed by atoms with Crippen molar-refractivity contribution in [2.45, 2.75) is 72.4 Å². The Morgan fingerprint density at radius 1 is 1.15 bits per heavy atom. The van der Waals surface area contributed by atoms with Gasteiger partial charge in [0.1, 0.15) is 5.82 Å². The van der Waals surface area contributed by atoms with Crippen molar-refractivity contribution in [2.24, 2.45) is 5.41 Å². The zero-order chi connectivity index (χ0) is 14.8. The van der Waals surface area contributed by atoms with E-state index < -0.39 is 0 Å². The first-order valence-electron chi connectivity index (χ1n) is 7.86. The summed E-state index contributed by atoms with van der Waals surface area (Å²) < 4.78 is 13.6. The fraction of sp³-hybridized carbons (Fsp3) is 0.667. The molecule has 0 bridgehead atoms. The monoisotopic (exact) mass is 277 g/mol. The molecule has 1 saturated carbocycles. The third kappa shape index (κ3) is 4.05. The molecule has 2 heteroatoms. The van der Waals surface area contributed by atoms with Crippen LogP contribution in [0.1, 0.15) is 62.6 Å². The summed E-state index contributed by atoms with van der Waals surface area (Å²) in [6, 6.07) is 4.55. The van der Waals surface area contributed by atoms with E-state index in [1.165, 1.54) is 37.7 Å². The van der Waals surface area contributed by atoms with Gasteiger partial charge in [-0.15, -0.1) is 0 Å². The Morgan fingerprint density at radius 3 is 2.45 bits per heavy atom. The second-order valence-electron chi connectivity index (χ2n) is 7.22. The second-order valence-corrected chi connectivity index (χ2v) is 7.22. The number of halogens is 1. The Labute approximate surface area is 123 Å². The van der Waals surface area contributed by atoms with Gasteiger partial charge in [-0.25, -0.2) is 4.39 Å². The molecule has 0 heterocycles. The molecule has 0 aliphatic heterocycles. The smallest absolute Gasteiger partial charge is 0.129 e. The van der Waals surface area contributed by atoms with E-state index in [9.17, 15) is 4.39 Å². The van der Waals surface area contributed by atoms with Crippen molar-refractivity contribution in [2.75, 3.05) is 0 Å². The van der Waals surface area contributed by atoms with Crippen LogP contribution in [0.15, 0.2) is 12.1 Å². The molecule has 0 spiro atoms. The minimum absolute atomic E-state index is 0.0648. The van der Waals surface area contributed by atoms with E-state index in [1.54, 1.807) is 0 Å². The van der Waals surface area contributed by atoms with Crippen LogP contribution in [0.3, 0.4) is 0 Å². The minimum Gasteiger partial charge on any atom is -0.310 e. The Morgan fingerprint density at radius 2 is 1.80 bits per heavy atom. The highest BCUT2D eigenvalue weighted by atomic mass is 19.1. The average molecular weight is 277 g/mol. The van der Waals surface area contributed by atoms with Gasteiger partial charge in [-0.3, -0.25) is 0 Å². The minimum atomic E-state index is -0.0648. The van der Waals surface area contributed by atoms with E-state index in [-0.39, 0.29) is 5.82 Å². The number of hydrogen-bond donors (Lipinski definition) is 1. The number of hydrogen-bond acceptors (Lipinski definition) is 1. The molecule has 0 aromatic heterocycles. The molecular formula is C18H28FN. The van der Waals surface area contributed by atoms with Gasteiger partial charge in [0.2, 0.25) is 0 Å². The fourth-order valence-corrected chi connectivity index (χ4v) is 3.27. The predicted octanol–water partition coefficient (Wildman–Crippen LogP) is 4.89. The van der Waals surface area contributed by atoms with Crippen LogP contribution in [-0.4, -0.2) is 6.04 Å². The molecule has 1 aromatic rings. The molecule has 1 aliphatic carbocycles. The quantitative estimate of drug-likeness (QED) is 0.776. The van der Waals surface area contributed by atoms with E-state index in [0.29, 0.717) is 11.5 Å². The molecule has 20 heavy (non-hydrogen) atoms. The van der Waals surface area contributed by atoms with Crippen molar-refractivity contribution in [3.63, 3.8) is 0 Å². The summed E-state index contributed by atoms with van der Waals surface area (Å²) in [6.45, 7) is 9.30. The average Bonchev–Trinajstić information content (AvgIpc) is 2.54. The Kier molecular flexibility index (Phi) is 4.85. The molecule has 0 amide bonds. The number of nitrogens with one attached hydrogen (secondary N) is 1. The van der Waals surface area contributed by atoms with Crippen molar-refractivity contribution in [1.29, 1.82) is 0 Å². The highest BCUT2D eigenvalue weighted by molar-refractivity contribution is 5.30. The van der Waals surface area contributed by atoms with Crippen LogP contribution in [0.2, 0.25) is 0 Å². The topological polar surface area (TPSA) is 12.0 Å². The lowest BCUT2D eigenvalue weighted by Gasteiger charge is -2.22. The summed E-state index contributed by atoms with van der Waals surface area (Å²) in [5.74, 6) is -0.0648. The van der Waals surface area contributed by atoms with Crippen LogP contribution in [0, 0.1) is 25.1 Å². The van der Waals surface area contributed by atoms with Gasteiger partial charge in [-0.2, -0.15) is 0 Å². The van der Waals surface area contributed by atoms with Crippen molar-refractivity contribution in [1.82, 2.24) is 5.32 Å². The highest BCUT2D eigenvalue weighted by Crippen LogP contribution is 2.33. The SMILES string of the molecule is Cc1cc(CNC2CCCC(C)(C)CC2)cc(C)c1F. The van der Waals surface area contributed by atoms with Crippen molar-refractivity contribution < 1.29 is 4.39 Å². The normalized spacial score (nSPS) is 22.6. The van der Waals surface area contributed by atoms with Crippen molar-refractivity contribution >= 4 is 0 Å². The molecule has 0 radical (unpaired) electrons. The zero-order valence-electron chi connectivity index (χ0n) is 13.4. The third-order valence-corrected chi connectivity index (χ3v) is 4.67. The summed E-state index contributed by atoms with van der Waals surface area (Å²) in [6.07, 6.45) is 6.47. The van der Waals surface area contributed by atoms with E-state index >= 15 is 0 Å². The molecular weight excluding hydrogens is 249 g/mol. The maximum Gasteiger partial charge on any atom is 0.129 e. The molecule has 0 saturated heterocycles. The van der Waals surface area contributed by atoms with E-state index in [0.717, 1.165) is 17.7 Å². The van der Waals surface area contributed by atoms with Crippen LogP contribution in [0.5, 0.6) is 0 Å². The maximum absolute atomic E-state index is 13.6. The van der Waals surface area contributed by atoms with Crippen LogP contribution in [-0.2, 0) is 6.54 Å². The van der Waals surface area contributed by atoms with Crippen molar-refractivity contribution in [3.8, 4) is 0 Å². The Balaban J connectivity index is 1.92. The van der Waals surface area contributed by atoms with Crippen LogP contribution in [0.4, 0.5) is 4.39 Å². The molecule has 1 aliphatic rings. The van der Waals surface area contributed by atoms with Gasteiger partial charge in [0.15, 0.2) is 0 Å². The van der Waals surface area contributed by atoms with E-state index in [1.807, 2.05) is 26.0 Å². The summed E-state index contributed by atoms with van der Waals surface area (Å²) in [5, 5.41) is 3.67. The Bertz CT molecular complexity index is 441. The predicted molar refractivity (Wildman–Crippen MR) is 83.4 cm³/mol. The summed E-state index contributed by atoms with van der Waals surface area (Å²) in [4.78, 5) is 0. The lowest BCUT2D eigenvalue weighted by molar-refractivity contribution is 0.309. The number of aryl methyl sites for hydroxylation is 2. The molecule has 1 N–H and O–H groups in total. The molecule has 1 nitrogen and oxygen atoms in total. The highest BCUT2D eigenvalue weighted by Gasteiger charge is 2.23. The summed E-state index contributed by atoms with van der Waals surface area (Å²) in [5.41, 5.74) is 3.21. The first kappa shape index (κ1) is 15.5. The van der Waals surface area contributed by atoms with Crippen LogP contribution < -0.4 is 5.32 Å². The molecule has 1 aromatic carbocycles. The molecule has 1 unspecified atom stereocenters. The van der Waals surface area contributed by atoms with E-state index in [2.05, 4.69) is 19.2 Å². The standard InChI is InChI=1S/C18H28FN/c1-13-10-15(11-14(2)17(13)19)12-20-16-6-5-8-18(3,4)9-7-16/h10-11,16,20H,5-9,12H2,1-4H3. The molecule has 2 rings (SSSR count). The van der Waals surface area contributed by atoms with E-state index in [4.69, 9.17) is 0 Å². The van der Waals surface area contributed by atoms with Gasteiger partial charge >= 0.3 is 0 Å². The van der Waals surface area contributed by atoms with Crippen LogP contribution in [0.25, 0.3) is 0 Å². The van der Waals surface area contributed by atoms with Gasteiger partial charge in [0.25, 0.3) is 0 Å². The summed E-state index contributed by atoms with van der Waals surface area (Å²) in [7, 11) is 0. The third-order valence-electron chi connectivity index (χ3n) is 4.67. The van der Waals surface area contributed by atoms with Gasteiger partial charge in [-0.05, 0) is 61.6 Å². The Hall–Kier alpha value is -0.890. The van der Waals surface area contributed by atoms with Crippen LogP contribution >= 0.6 is 0 Å².